The Kier molecular flexibility index (Phi) is 7.30. The van der Waals surface area contributed by atoms with Crippen LogP contribution in [-0.2, 0) is 9.74 Å². The number of likely N-dealkylation sites (N-methyl/N-ethyl adjacent to an activating group) is 1. The van der Waals surface area contributed by atoms with Crippen molar-refractivity contribution in [3.05, 3.63) is 34.0 Å². The largest absolute Gasteiger partial charge is 0.387 e. The second-order valence-corrected chi connectivity index (χ2v) is 3.76. The van der Waals surface area contributed by atoms with E-state index in [2.05, 4.69) is 10.3 Å². The summed E-state index contributed by atoms with van der Waals surface area (Å²) in [5, 5.41) is 3.30. The van der Waals surface area contributed by atoms with Gasteiger partial charge >= 0.3 is 5.97 Å². The molecule has 1 N–H and O–H groups in total. The maximum absolute atomic E-state index is 11.9. The van der Waals surface area contributed by atoms with Gasteiger partial charge in [-0.1, -0.05) is 30.2 Å². The molecule has 0 radical (unpaired) electrons. The lowest BCUT2D eigenvalue weighted by Gasteiger charge is -2.08. The molecule has 96 valence electrons. The van der Waals surface area contributed by atoms with E-state index in [-0.39, 0.29) is 5.57 Å². The van der Waals surface area contributed by atoms with Gasteiger partial charge in [-0.15, -0.1) is 0 Å². The van der Waals surface area contributed by atoms with Crippen LogP contribution in [-0.4, -0.2) is 13.0 Å². The van der Waals surface area contributed by atoms with Crippen LogP contribution < -0.4 is 5.32 Å². The van der Waals surface area contributed by atoms with Gasteiger partial charge in [-0.3, -0.25) is 0 Å². The van der Waals surface area contributed by atoms with E-state index in [9.17, 15) is 9.32 Å². The molecule has 0 aromatic rings. The number of rotatable bonds is 5. The Balaban J connectivity index is 5.34. The molecule has 0 aromatic heterocycles. The van der Waals surface area contributed by atoms with Crippen molar-refractivity contribution in [2.24, 2.45) is 0 Å². The molecule has 5 heteroatoms. The molecule has 0 aliphatic heterocycles. The molecule has 3 nitrogen and oxygen atoms in total. The molecular formula is C12H17ClFNO2. The minimum absolute atomic E-state index is 0.0945. The van der Waals surface area contributed by atoms with Gasteiger partial charge in [-0.2, -0.15) is 0 Å². The zero-order chi connectivity index (χ0) is 13.4. The van der Waals surface area contributed by atoms with E-state index in [0.29, 0.717) is 10.7 Å². The van der Waals surface area contributed by atoms with Crippen LogP contribution in [0.3, 0.4) is 0 Å². The summed E-state index contributed by atoms with van der Waals surface area (Å²) in [5.74, 6) is -1.05. The Labute approximate surface area is 106 Å². The summed E-state index contributed by atoms with van der Waals surface area (Å²) < 4.78 is 11.9. The van der Waals surface area contributed by atoms with Crippen LogP contribution >= 0.6 is 11.6 Å². The maximum atomic E-state index is 11.9. The van der Waals surface area contributed by atoms with Crippen molar-refractivity contribution in [3.8, 4) is 0 Å². The van der Waals surface area contributed by atoms with E-state index >= 15 is 0 Å². The van der Waals surface area contributed by atoms with Crippen LogP contribution in [0, 0.1) is 0 Å². The van der Waals surface area contributed by atoms with Crippen molar-refractivity contribution in [2.75, 3.05) is 7.05 Å². The average Bonchev–Trinajstić information content (AvgIpc) is 2.36. The van der Waals surface area contributed by atoms with Crippen molar-refractivity contribution in [2.45, 2.75) is 27.2 Å². The summed E-state index contributed by atoms with van der Waals surface area (Å²) in [5.41, 5.74) is 1.48. The summed E-state index contributed by atoms with van der Waals surface area (Å²) in [4.78, 5) is 14.4. The highest BCUT2D eigenvalue weighted by atomic mass is 35.5. The van der Waals surface area contributed by atoms with E-state index in [1.165, 1.54) is 6.08 Å². The molecule has 0 aliphatic rings. The lowest BCUT2D eigenvalue weighted by atomic mass is 10.1. The van der Waals surface area contributed by atoms with Crippen LogP contribution in [0.25, 0.3) is 0 Å². The van der Waals surface area contributed by atoms with Crippen molar-refractivity contribution in [1.29, 1.82) is 0 Å². The molecule has 0 unspecified atom stereocenters. The molecule has 17 heavy (non-hydrogen) atoms. The van der Waals surface area contributed by atoms with Gasteiger partial charge < -0.3 is 5.32 Å². The zero-order valence-electron chi connectivity index (χ0n) is 10.4. The molecule has 0 spiro atoms. The Hall–Kier alpha value is -1.29. The number of allylic oxidation sites excluding steroid dienone is 4. The van der Waals surface area contributed by atoms with E-state index in [1.54, 1.807) is 20.0 Å². The first kappa shape index (κ1) is 15.7. The number of hydrogen-bond acceptors (Lipinski definition) is 3. The number of halogens is 2. The molecule has 0 aliphatic carbocycles. The fourth-order valence-corrected chi connectivity index (χ4v) is 1.37. The third kappa shape index (κ3) is 4.61. The van der Waals surface area contributed by atoms with Crippen LogP contribution in [0.15, 0.2) is 34.0 Å². The topological polar surface area (TPSA) is 38.3 Å². The van der Waals surface area contributed by atoms with Crippen LogP contribution in [0.2, 0.25) is 0 Å². The van der Waals surface area contributed by atoms with Gasteiger partial charge in [0, 0.05) is 22.3 Å². The minimum atomic E-state index is -1.05. The average molecular weight is 262 g/mol. The lowest BCUT2D eigenvalue weighted by Crippen LogP contribution is -2.15. The molecule has 0 rings (SSSR count). The quantitative estimate of drug-likeness (QED) is 0.609. The van der Waals surface area contributed by atoms with Gasteiger partial charge in [-0.25, -0.2) is 9.74 Å². The summed E-state index contributed by atoms with van der Waals surface area (Å²) in [6.07, 6.45) is 3.83. The highest BCUT2D eigenvalue weighted by Gasteiger charge is 2.15. The summed E-state index contributed by atoms with van der Waals surface area (Å²) in [6, 6.07) is 0. The number of carbonyl (C=O) groups is 1. The van der Waals surface area contributed by atoms with Gasteiger partial charge in [-0.05, 0) is 26.3 Å². The van der Waals surface area contributed by atoms with Gasteiger partial charge in [0.2, 0.25) is 0 Å². The Morgan fingerprint density at radius 2 is 2.12 bits per heavy atom. The number of carbonyl (C=O) groups excluding carboxylic acids is 1. The Morgan fingerprint density at radius 1 is 1.53 bits per heavy atom. The highest BCUT2D eigenvalue weighted by molar-refractivity contribution is 6.31. The molecule has 0 saturated carbocycles. The van der Waals surface area contributed by atoms with E-state index < -0.39 is 5.97 Å². The predicted molar refractivity (Wildman–Crippen MR) is 66.9 cm³/mol. The summed E-state index contributed by atoms with van der Waals surface area (Å²) >= 11 is 6.04. The van der Waals surface area contributed by atoms with Crippen LogP contribution in [0.1, 0.15) is 27.2 Å². The summed E-state index contributed by atoms with van der Waals surface area (Å²) in [7, 11) is 1.62. The standard InChI is InChI=1S/C12H17ClFNO2/c1-5-8(3)10(13)7-11(15-4)9(6-2)12(16)17-14/h6-7,15H,5H2,1-4H3/b9-6+,10-8-,11-7+. The SMILES string of the molecule is C\C=C(C(=O)OF)/C(=C\C(Cl)=C(/C)CC)NC. The number of hydrogen-bond donors (Lipinski definition) is 1. The Bertz CT molecular complexity index is 373. The van der Waals surface area contributed by atoms with Gasteiger partial charge in [0.15, 0.2) is 0 Å². The third-order valence-electron chi connectivity index (χ3n) is 2.35. The molecule has 0 heterocycles. The molecule has 0 aromatic carbocycles. The lowest BCUT2D eigenvalue weighted by molar-refractivity contribution is -0.177. The van der Waals surface area contributed by atoms with Gasteiger partial charge in [0.25, 0.3) is 0 Å². The summed E-state index contributed by atoms with van der Waals surface area (Å²) in [6.45, 7) is 5.47. The maximum Gasteiger partial charge on any atom is 0.381 e. The van der Waals surface area contributed by atoms with E-state index in [4.69, 9.17) is 11.6 Å². The molecule has 0 amide bonds. The highest BCUT2D eigenvalue weighted by Crippen LogP contribution is 2.18. The van der Waals surface area contributed by atoms with Crippen molar-refractivity contribution in [1.82, 2.24) is 5.32 Å². The first-order valence-corrected chi connectivity index (χ1v) is 5.63. The van der Waals surface area contributed by atoms with Crippen molar-refractivity contribution in [3.63, 3.8) is 0 Å². The second-order valence-electron chi connectivity index (χ2n) is 3.36. The fourth-order valence-electron chi connectivity index (χ4n) is 1.13. The van der Waals surface area contributed by atoms with Crippen molar-refractivity contribution < 1.29 is 14.3 Å². The molecular weight excluding hydrogens is 245 g/mol. The second kappa shape index (κ2) is 7.90. The fraction of sp³-hybridized carbons (Fsp3) is 0.417. The van der Waals surface area contributed by atoms with Crippen molar-refractivity contribution >= 4 is 17.6 Å². The van der Waals surface area contributed by atoms with Crippen LogP contribution in [0.4, 0.5) is 4.53 Å². The minimum Gasteiger partial charge on any atom is -0.387 e. The molecule has 0 fully saturated rings. The normalized spacial score (nSPS) is 14.2. The smallest absolute Gasteiger partial charge is 0.381 e. The number of nitrogens with one attached hydrogen (secondary N) is 1. The first-order valence-electron chi connectivity index (χ1n) is 5.26. The zero-order valence-corrected chi connectivity index (χ0v) is 11.2. The Morgan fingerprint density at radius 3 is 2.47 bits per heavy atom. The molecule has 0 bridgehead atoms. The van der Waals surface area contributed by atoms with E-state index in [0.717, 1.165) is 12.0 Å². The van der Waals surface area contributed by atoms with Crippen LogP contribution in [0.5, 0.6) is 0 Å². The predicted octanol–water partition coefficient (Wildman–Crippen LogP) is 3.39. The van der Waals surface area contributed by atoms with Gasteiger partial charge in [0.1, 0.15) is 0 Å². The van der Waals surface area contributed by atoms with E-state index in [1.807, 2.05) is 13.8 Å². The molecule has 0 atom stereocenters. The van der Waals surface area contributed by atoms with Gasteiger partial charge in [0.05, 0.1) is 5.57 Å². The first-order chi connectivity index (χ1) is 8.01. The monoisotopic (exact) mass is 261 g/mol. The third-order valence-corrected chi connectivity index (χ3v) is 2.78. The molecule has 0 saturated heterocycles.